The van der Waals surface area contributed by atoms with Crippen molar-refractivity contribution in [1.82, 2.24) is 0 Å². The Morgan fingerprint density at radius 3 is 2.79 bits per heavy atom. The average molecular weight is 343 g/mol. The number of fused-ring (bicyclic) bond motifs is 1. The molecule has 0 spiro atoms. The van der Waals surface area contributed by atoms with Crippen LogP contribution < -0.4 is 5.32 Å². The number of nitrogens with one attached hydrogen (secondary N) is 1. The molecule has 5 heteroatoms. The van der Waals surface area contributed by atoms with Gasteiger partial charge in [-0.1, -0.05) is 17.7 Å². The molecule has 1 aromatic heterocycles. The standard InChI is InChI=1S/C19H21NO3S/c1-12-7-8-16(13(2)9-12)20-18(21)10-23-19(22)15-11-24-17-6-4-3-5-14(15)17/h7-9,11H,3-6,10H2,1-2H3,(H,20,21). The summed E-state index contributed by atoms with van der Waals surface area (Å²) in [6.45, 7) is 3.67. The average Bonchev–Trinajstić information content (AvgIpc) is 2.99. The smallest absolute Gasteiger partial charge is 0.339 e. The van der Waals surface area contributed by atoms with Crippen molar-refractivity contribution in [3.63, 3.8) is 0 Å². The molecule has 2 aromatic rings. The van der Waals surface area contributed by atoms with E-state index in [-0.39, 0.29) is 12.5 Å². The lowest BCUT2D eigenvalue weighted by molar-refractivity contribution is -0.119. The summed E-state index contributed by atoms with van der Waals surface area (Å²) >= 11 is 1.62. The fourth-order valence-electron chi connectivity index (χ4n) is 3.01. The Morgan fingerprint density at radius 1 is 1.21 bits per heavy atom. The van der Waals surface area contributed by atoms with E-state index >= 15 is 0 Å². The third kappa shape index (κ3) is 3.67. The predicted octanol–water partition coefficient (Wildman–Crippen LogP) is 4.04. The highest BCUT2D eigenvalue weighted by molar-refractivity contribution is 7.10. The molecule has 0 radical (unpaired) electrons. The number of esters is 1. The molecule has 1 heterocycles. The van der Waals surface area contributed by atoms with Crippen molar-refractivity contribution in [1.29, 1.82) is 0 Å². The van der Waals surface area contributed by atoms with E-state index < -0.39 is 5.97 Å². The van der Waals surface area contributed by atoms with Gasteiger partial charge in [-0.05, 0) is 56.7 Å². The Balaban J connectivity index is 1.58. The number of carbonyl (C=O) groups is 2. The number of amides is 1. The van der Waals surface area contributed by atoms with E-state index in [0.29, 0.717) is 5.56 Å². The molecule has 3 rings (SSSR count). The third-order valence-electron chi connectivity index (χ3n) is 4.27. The van der Waals surface area contributed by atoms with Crippen molar-refractivity contribution in [2.45, 2.75) is 39.5 Å². The monoisotopic (exact) mass is 343 g/mol. The number of benzene rings is 1. The van der Waals surface area contributed by atoms with Gasteiger partial charge in [-0.3, -0.25) is 4.79 Å². The van der Waals surface area contributed by atoms with Crippen LogP contribution in [0, 0.1) is 13.8 Å². The molecular weight excluding hydrogens is 322 g/mol. The van der Waals surface area contributed by atoms with Gasteiger partial charge in [-0.15, -0.1) is 11.3 Å². The molecule has 4 nitrogen and oxygen atoms in total. The van der Waals surface area contributed by atoms with E-state index in [1.807, 2.05) is 37.4 Å². The Labute approximate surface area is 145 Å². The number of thiophene rings is 1. The first-order valence-electron chi connectivity index (χ1n) is 8.18. The Kier molecular flexibility index (Phi) is 5.00. The maximum absolute atomic E-state index is 12.3. The van der Waals surface area contributed by atoms with Gasteiger partial charge in [0, 0.05) is 15.9 Å². The van der Waals surface area contributed by atoms with Crippen molar-refractivity contribution in [2.75, 3.05) is 11.9 Å². The Bertz CT molecular complexity index is 779. The first-order valence-corrected chi connectivity index (χ1v) is 9.06. The van der Waals surface area contributed by atoms with Gasteiger partial charge in [0.15, 0.2) is 6.61 Å². The minimum Gasteiger partial charge on any atom is -0.452 e. The van der Waals surface area contributed by atoms with Crippen molar-refractivity contribution in [2.24, 2.45) is 0 Å². The molecule has 0 aliphatic heterocycles. The molecule has 0 saturated heterocycles. The summed E-state index contributed by atoms with van der Waals surface area (Å²) in [5.74, 6) is -0.718. The molecule has 1 aliphatic carbocycles. The predicted molar refractivity (Wildman–Crippen MR) is 95.8 cm³/mol. The van der Waals surface area contributed by atoms with Gasteiger partial charge in [0.2, 0.25) is 0 Å². The number of rotatable bonds is 4. The molecule has 0 saturated carbocycles. The minimum atomic E-state index is -0.398. The third-order valence-corrected chi connectivity index (χ3v) is 5.36. The Hall–Kier alpha value is -2.14. The molecule has 24 heavy (non-hydrogen) atoms. The van der Waals surface area contributed by atoms with Crippen LogP contribution in [0.4, 0.5) is 5.69 Å². The van der Waals surface area contributed by atoms with Crippen molar-refractivity contribution in [3.05, 3.63) is 50.7 Å². The summed E-state index contributed by atoms with van der Waals surface area (Å²) in [6.07, 6.45) is 4.26. The van der Waals surface area contributed by atoms with Crippen LogP contribution in [0.1, 0.15) is 44.8 Å². The highest BCUT2D eigenvalue weighted by Crippen LogP contribution is 2.30. The number of carbonyl (C=O) groups excluding carboxylic acids is 2. The molecule has 1 amide bonds. The van der Waals surface area contributed by atoms with Crippen molar-refractivity contribution < 1.29 is 14.3 Å². The van der Waals surface area contributed by atoms with E-state index in [0.717, 1.165) is 41.6 Å². The van der Waals surface area contributed by atoms with Crippen LogP contribution in [0.25, 0.3) is 0 Å². The second-order valence-corrected chi connectivity index (χ2v) is 7.17. The molecule has 0 atom stereocenters. The molecule has 0 fully saturated rings. The van der Waals surface area contributed by atoms with Gasteiger partial charge < -0.3 is 10.1 Å². The summed E-state index contributed by atoms with van der Waals surface area (Å²) in [7, 11) is 0. The summed E-state index contributed by atoms with van der Waals surface area (Å²) in [4.78, 5) is 25.6. The maximum atomic E-state index is 12.3. The maximum Gasteiger partial charge on any atom is 0.339 e. The normalized spacial score (nSPS) is 13.2. The van der Waals surface area contributed by atoms with Crippen molar-refractivity contribution in [3.8, 4) is 0 Å². The van der Waals surface area contributed by atoms with Crippen LogP contribution in [0.5, 0.6) is 0 Å². The number of aryl methyl sites for hydroxylation is 3. The van der Waals surface area contributed by atoms with E-state index in [4.69, 9.17) is 4.74 Å². The van der Waals surface area contributed by atoms with E-state index in [2.05, 4.69) is 5.32 Å². The molecule has 0 bridgehead atoms. The topological polar surface area (TPSA) is 55.4 Å². The number of hydrogen-bond acceptors (Lipinski definition) is 4. The molecule has 1 aliphatic rings. The number of ether oxygens (including phenoxy) is 1. The first kappa shape index (κ1) is 16.7. The highest BCUT2D eigenvalue weighted by atomic mass is 32.1. The molecule has 126 valence electrons. The summed E-state index contributed by atoms with van der Waals surface area (Å²) in [6, 6.07) is 5.80. The zero-order valence-corrected chi connectivity index (χ0v) is 14.8. The fourth-order valence-corrected chi connectivity index (χ4v) is 4.13. The SMILES string of the molecule is Cc1ccc(NC(=O)COC(=O)c2csc3c2CCCC3)c(C)c1. The number of anilines is 1. The van der Waals surface area contributed by atoms with Crippen LogP contribution >= 0.6 is 11.3 Å². The van der Waals surface area contributed by atoms with E-state index in [1.165, 1.54) is 11.3 Å². The first-order chi connectivity index (χ1) is 11.5. The lowest BCUT2D eigenvalue weighted by atomic mass is 9.96. The van der Waals surface area contributed by atoms with E-state index in [1.54, 1.807) is 11.3 Å². The summed E-state index contributed by atoms with van der Waals surface area (Å²) in [5, 5.41) is 4.65. The van der Waals surface area contributed by atoms with Gasteiger partial charge in [-0.25, -0.2) is 4.79 Å². The zero-order chi connectivity index (χ0) is 17.1. The van der Waals surface area contributed by atoms with Crippen LogP contribution in [-0.2, 0) is 22.4 Å². The second kappa shape index (κ2) is 7.18. The Morgan fingerprint density at radius 2 is 2.00 bits per heavy atom. The quantitative estimate of drug-likeness (QED) is 0.853. The van der Waals surface area contributed by atoms with Gasteiger partial charge in [-0.2, -0.15) is 0 Å². The molecule has 1 aromatic carbocycles. The van der Waals surface area contributed by atoms with Gasteiger partial charge in [0.05, 0.1) is 5.56 Å². The fraction of sp³-hybridized carbons (Fsp3) is 0.368. The number of hydrogen-bond donors (Lipinski definition) is 1. The minimum absolute atomic E-state index is 0.267. The van der Waals surface area contributed by atoms with Gasteiger partial charge in [0.1, 0.15) is 0 Å². The molecule has 0 unspecified atom stereocenters. The van der Waals surface area contributed by atoms with Crippen LogP contribution in [0.3, 0.4) is 0 Å². The zero-order valence-electron chi connectivity index (χ0n) is 14.0. The largest absolute Gasteiger partial charge is 0.452 e. The summed E-state index contributed by atoms with van der Waals surface area (Å²) < 4.78 is 5.21. The van der Waals surface area contributed by atoms with E-state index in [9.17, 15) is 9.59 Å². The second-order valence-electron chi connectivity index (χ2n) is 6.20. The highest BCUT2D eigenvalue weighted by Gasteiger charge is 2.21. The molecular formula is C19H21NO3S. The lowest BCUT2D eigenvalue weighted by Gasteiger charge is -2.12. The van der Waals surface area contributed by atoms with Gasteiger partial charge in [0.25, 0.3) is 5.91 Å². The summed E-state index contributed by atoms with van der Waals surface area (Å²) in [5.41, 5.74) is 4.62. The van der Waals surface area contributed by atoms with Crippen LogP contribution in [-0.4, -0.2) is 18.5 Å². The van der Waals surface area contributed by atoms with Crippen molar-refractivity contribution >= 4 is 28.9 Å². The van der Waals surface area contributed by atoms with Gasteiger partial charge >= 0.3 is 5.97 Å². The van der Waals surface area contributed by atoms with Crippen LogP contribution in [0.2, 0.25) is 0 Å². The lowest BCUT2D eigenvalue weighted by Crippen LogP contribution is -2.21. The molecule has 1 N–H and O–H groups in total. The van der Waals surface area contributed by atoms with Crippen LogP contribution in [0.15, 0.2) is 23.6 Å².